The van der Waals surface area contributed by atoms with E-state index in [9.17, 15) is 0 Å². The molecule has 0 heterocycles. The van der Waals surface area contributed by atoms with Crippen molar-refractivity contribution in [1.82, 2.24) is 98.4 Å². The smallest absolute Gasteiger partial charge is 4.00 e. The zero-order valence-electron chi connectivity index (χ0n) is 16.4. The predicted octanol–water partition coefficient (Wildman–Crippen LogP) is 2.49. The average molecular weight is 1160 g/mol. The Balaban J connectivity index is -0.0000000000791. The second kappa shape index (κ2) is 1770. The van der Waals surface area contributed by atoms with E-state index in [0.29, 0.717) is 0 Å². The van der Waals surface area contributed by atoms with Crippen LogP contribution in [0.1, 0.15) is 0 Å². The molecule has 0 aliphatic heterocycles. The maximum Gasteiger partial charge on any atom is 4.00 e. The summed E-state index contributed by atoms with van der Waals surface area (Å²) < 4.78 is 14.7. The molecule has 0 rings (SSSR count). The molecule has 0 spiro atoms. The second-order valence-corrected chi connectivity index (χ2v) is 0.933. The summed E-state index contributed by atoms with van der Waals surface area (Å²) in [7, 11) is 0. The van der Waals surface area contributed by atoms with Crippen molar-refractivity contribution in [3.63, 3.8) is 0 Å². The number of hydrogen-bond donors (Lipinski definition) is 16. The van der Waals surface area contributed by atoms with Crippen molar-refractivity contribution in [2.45, 2.75) is 0 Å². The van der Waals surface area contributed by atoms with Crippen molar-refractivity contribution >= 4 is 0 Å². The molecule has 0 radical (unpaired) electrons. The molecule has 182 valence electrons. The molecule has 0 fully saturated rings. The van der Waals surface area contributed by atoms with Crippen LogP contribution in [0.5, 0.6) is 0 Å². The molecule has 0 aromatic heterocycles. The first-order valence-corrected chi connectivity index (χ1v) is 4.17. The summed E-state index contributed by atoms with van der Waals surface area (Å²) in [5.41, 5.74) is 0. The Kier molecular flexibility index (Phi) is 79000. The van der Waals surface area contributed by atoms with Crippen LogP contribution >= 0.6 is 0 Å². The van der Waals surface area contributed by atoms with Gasteiger partial charge in [-0.1, -0.05) is 0 Å². The number of rotatable bonds is 0. The summed E-state index contributed by atoms with van der Waals surface area (Å²) >= 11 is -2.01. The SMILES string of the molecule is N.N.N.N.N.N.N.N.N.N.N.N.N.N.N.N.[Br-].[NH2-].[NH2-].[NH2-].[NH2-].[N]#[U]#[N].[U+4].[U+4]. The molecule has 0 saturated carbocycles. The molecule has 22 nitrogen and oxygen atoms in total. The molecule has 0 amide bonds. The molecule has 0 aromatic carbocycles. The molecule has 0 saturated heterocycles. The molecule has 0 aliphatic rings. The topological polar surface area (TPSA) is 742 Å². The van der Waals surface area contributed by atoms with E-state index in [-0.39, 0.29) is 202 Å². The van der Waals surface area contributed by atoms with Crippen molar-refractivity contribution < 1.29 is 106 Å². The van der Waals surface area contributed by atoms with Gasteiger partial charge in [-0.05, 0) is 0 Å². The molecule has 0 aromatic rings. The number of hydrogen-bond acceptors (Lipinski definition) is 18. The van der Waals surface area contributed by atoms with Crippen LogP contribution in [0.4, 0.5) is 0 Å². The van der Waals surface area contributed by atoms with Gasteiger partial charge in [-0.15, -0.1) is 0 Å². The zero-order valence-corrected chi connectivity index (χ0v) is 30.5. The Morgan fingerprint density at radius 3 is 0.308 bits per heavy atom. The maximum atomic E-state index is 7.33. The molecule has 26 heavy (non-hydrogen) atoms. The fourth-order valence-corrected chi connectivity index (χ4v) is 0. The van der Waals surface area contributed by atoms with Gasteiger partial charge in [0.25, 0.3) is 0 Å². The molecular formula is H56BrN22U3+3. The number of nitrogens with zero attached hydrogens (tertiary/aromatic N) is 2. The van der Waals surface area contributed by atoms with Crippen molar-refractivity contribution in [2.24, 2.45) is 0 Å². The van der Waals surface area contributed by atoms with E-state index in [1.54, 1.807) is 0 Å². The van der Waals surface area contributed by atoms with E-state index in [1.165, 1.54) is 0 Å². The molecule has 56 N–H and O–H groups in total. The van der Waals surface area contributed by atoms with Crippen LogP contribution in [-0.2, 0) is 0 Å². The van der Waals surface area contributed by atoms with Gasteiger partial charge in [-0.25, -0.2) is 0 Å². The molecule has 0 bridgehead atoms. The quantitative estimate of drug-likeness (QED) is 0.166. The monoisotopic (exact) mass is 1160 g/mol. The van der Waals surface area contributed by atoms with Crippen LogP contribution in [0.15, 0.2) is 0 Å². The molecule has 26 heteroatoms. The van der Waals surface area contributed by atoms with Crippen LogP contribution in [0.3, 0.4) is 0 Å². The summed E-state index contributed by atoms with van der Waals surface area (Å²) in [6.45, 7) is 0. The molecule has 0 atom stereocenters. The number of halogens is 1. The Morgan fingerprint density at radius 2 is 0.308 bits per heavy atom. The third-order valence-corrected chi connectivity index (χ3v) is 0. The van der Waals surface area contributed by atoms with Gasteiger partial charge in [0, 0.05) is 0 Å². The van der Waals surface area contributed by atoms with Gasteiger partial charge in [0.15, 0.2) is 0 Å². The van der Waals surface area contributed by atoms with Gasteiger partial charge >= 0.3 is 94.2 Å². The average Bonchev–Trinajstić information content (AvgIpc) is 0.918. The Bertz CT molecular complexity index is 92.5. The summed E-state index contributed by atoms with van der Waals surface area (Å²) in [4.78, 5) is 0. The molecule has 0 unspecified atom stereocenters. The van der Waals surface area contributed by atoms with E-state index >= 15 is 0 Å². The van der Waals surface area contributed by atoms with Gasteiger partial charge in [-0.3, -0.25) is 0 Å². The van der Waals surface area contributed by atoms with Crippen LogP contribution in [0.2, 0.25) is 0 Å². The molecular weight excluding hydrogens is 1100 g/mol. The summed E-state index contributed by atoms with van der Waals surface area (Å²) in [6, 6.07) is 0. The van der Waals surface area contributed by atoms with Gasteiger partial charge in [0.05, 0.1) is 0 Å². The first kappa shape index (κ1) is 1160. The van der Waals surface area contributed by atoms with Gasteiger partial charge in [0.2, 0.25) is 0 Å². The fraction of sp³-hybridized carbons (Fsp3) is 0. The van der Waals surface area contributed by atoms with E-state index < -0.39 is 27.1 Å². The minimum atomic E-state index is -2.01. The van der Waals surface area contributed by atoms with Gasteiger partial charge < -0.3 is 140 Å². The Morgan fingerprint density at radius 1 is 0.308 bits per heavy atom. The third-order valence-electron chi connectivity index (χ3n) is 0. The largest absolute Gasteiger partial charge is 4.00 e. The van der Waals surface area contributed by atoms with E-state index in [4.69, 9.17) is 4.96 Å². The van der Waals surface area contributed by atoms with Crippen LogP contribution in [0.25, 0.3) is 24.6 Å². The summed E-state index contributed by atoms with van der Waals surface area (Å²) in [5, 5.41) is 0. The van der Waals surface area contributed by atoms with Crippen LogP contribution in [-0.4, -0.2) is 0 Å². The van der Waals surface area contributed by atoms with Crippen molar-refractivity contribution in [1.29, 1.82) is 4.96 Å². The van der Waals surface area contributed by atoms with Crippen LogP contribution in [0, 0.1) is 94.2 Å². The zero-order chi connectivity index (χ0) is 2.71. The van der Waals surface area contributed by atoms with E-state index in [0.717, 1.165) is 0 Å². The van der Waals surface area contributed by atoms with Crippen molar-refractivity contribution in [3.05, 3.63) is 24.6 Å². The number of nitrogens with two attached hydrogens (primary N) is 4. The maximum absolute atomic E-state index is 7.33. The molecule has 0 aliphatic carbocycles. The van der Waals surface area contributed by atoms with Crippen LogP contribution < -0.4 is 115 Å². The fourth-order valence-electron chi connectivity index (χ4n) is 0. The van der Waals surface area contributed by atoms with Crippen molar-refractivity contribution in [2.75, 3.05) is 0 Å². The van der Waals surface area contributed by atoms with E-state index in [1.807, 2.05) is 0 Å². The van der Waals surface area contributed by atoms with Gasteiger partial charge in [0.1, 0.15) is 0 Å². The normalized spacial score (nSPS) is 0.231. The van der Waals surface area contributed by atoms with Gasteiger partial charge in [-0.2, -0.15) is 0 Å². The van der Waals surface area contributed by atoms with Crippen molar-refractivity contribution in [3.8, 4) is 0 Å². The predicted molar refractivity (Wildman–Crippen MR) is 105 cm³/mol. The summed E-state index contributed by atoms with van der Waals surface area (Å²) in [5.74, 6) is 0. The third kappa shape index (κ3) is 3290. The first-order chi connectivity index (χ1) is 1.41. The summed E-state index contributed by atoms with van der Waals surface area (Å²) in [6.07, 6.45) is 0. The Labute approximate surface area is 231 Å². The van der Waals surface area contributed by atoms with E-state index in [2.05, 4.69) is 0 Å². The first-order valence-electron chi connectivity index (χ1n) is 0.447. The Hall–Kier alpha value is 2.26. The minimum absolute atomic E-state index is 0. The standard InChI is InChI=1S/BrH.16H3N.4H2N.2N.3U/h1H;16*1H3;4*1H2;;;;;/q;;;;;;;;;;;;;;;;;4*-1;;;;2*+4/p-1. The second-order valence-electron chi connectivity index (χ2n) is 0.100. The minimum Gasteiger partial charge on any atom is 4.00 e.